The number of carbonyl (C=O) groups excluding carboxylic acids is 1. The molecule has 0 aromatic carbocycles. The lowest BCUT2D eigenvalue weighted by Crippen LogP contribution is -2.48. The highest BCUT2D eigenvalue weighted by atomic mass is 35.5. The van der Waals surface area contributed by atoms with E-state index in [1.54, 1.807) is 6.08 Å². The van der Waals surface area contributed by atoms with Crippen molar-refractivity contribution < 1.29 is 4.79 Å². The monoisotopic (exact) mass is 241 g/mol. The van der Waals surface area contributed by atoms with Gasteiger partial charge in [-0.25, -0.2) is 4.79 Å². The van der Waals surface area contributed by atoms with Gasteiger partial charge in [0.05, 0.1) is 6.17 Å². The molecule has 4 nitrogen and oxygen atoms in total. The molecule has 72 valence electrons. The molecule has 13 heavy (non-hydrogen) atoms. The summed E-state index contributed by atoms with van der Waals surface area (Å²) >= 11 is 16.4. The zero-order valence-corrected chi connectivity index (χ0v) is 8.57. The van der Waals surface area contributed by atoms with E-state index < -0.39 is 12.2 Å². The summed E-state index contributed by atoms with van der Waals surface area (Å²) in [5.74, 6) is 0. The second kappa shape index (κ2) is 4.19. The summed E-state index contributed by atoms with van der Waals surface area (Å²) in [7, 11) is 0. The molecule has 0 saturated heterocycles. The van der Waals surface area contributed by atoms with Crippen LogP contribution in [0.4, 0.5) is 4.79 Å². The number of hydrogen-bond acceptors (Lipinski definition) is 2. The topological polar surface area (TPSA) is 58.4 Å². The molecule has 0 aromatic rings. The van der Waals surface area contributed by atoms with Crippen molar-refractivity contribution in [2.24, 2.45) is 5.73 Å². The van der Waals surface area contributed by atoms with Crippen LogP contribution in [0.3, 0.4) is 0 Å². The molecule has 0 bridgehead atoms. The normalized spacial score (nSPS) is 21.4. The summed E-state index contributed by atoms with van der Waals surface area (Å²) in [4.78, 5) is 12.3. The number of carbonyl (C=O) groups is 1. The maximum absolute atomic E-state index is 11.2. The van der Waals surface area contributed by atoms with Gasteiger partial charge < -0.3 is 11.1 Å². The number of halogens is 3. The van der Waals surface area contributed by atoms with Crippen LogP contribution >= 0.6 is 34.8 Å². The van der Waals surface area contributed by atoms with Crippen molar-refractivity contribution in [3.05, 3.63) is 21.9 Å². The second-order valence-corrected chi connectivity index (χ2v) is 3.55. The standard InChI is InChI=1S/C6H6Cl3N3O/c7-4(8)5(9)12-2-1-3(10)11-6(12)13/h1-3H,10H2,(H,11,13). The zero-order valence-electron chi connectivity index (χ0n) is 6.30. The Labute approximate surface area is 89.9 Å². The Morgan fingerprint density at radius 1 is 1.54 bits per heavy atom. The van der Waals surface area contributed by atoms with Crippen molar-refractivity contribution in [2.75, 3.05) is 0 Å². The van der Waals surface area contributed by atoms with E-state index in [4.69, 9.17) is 40.5 Å². The highest BCUT2D eigenvalue weighted by Gasteiger charge is 2.21. The molecule has 7 heteroatoms. The number of hydrogen-bond donors (Lipinski definition) is 2. The number of nitrogens with one attached hydrogen (secondary N) is 1. The zero-order chi connectivity index (χ0) is 10.0. The van der Waals surface area contributed by atoms with Crippen LogP contribution < -0.4 is 11.1 Å². The van der Waals surface area contributed by atoms with E-state index in [-0.39, 0.29) is 9.65 Å². The molecule has 0 saturated carbocycles. The van der Waals surface area contributed by atoms with Gasteiger partial charge in [-0.15, -0.1) is 0 Å². The van der Waals surface area contributed by atoms with Crippen molar-refractivity contribution in [3.8, 4) is 0 Å². The van der Waals surface area contributed by atoms with Gasteiger partial charge in [0, 0.05) is 6.20 Å². The van der Waals surface area contributed by atoms with Gasteiger partial charge in [-0.05, 0) is 6.08 Å². The Morgan fingerprint density at radius 3 is 2.62 bits per heavy atom. The van der Waals surface area contributed by atoms with Crippen LogP contribution in [0.2, 0.25) is 0 Å². The van der Waals surface area contributed by atoms with Crippen molar-refractivity contribution in [3.63, 3.8) is 0 Å². The van der Waals surface area contributed by atoms with E-state index in [9.17, 15) is 4.79 Å². The van der Waals surface area contributed by atoms with E-state index in [0.29, 0.717) is 0 Å². The maximum atomic E-state index is 11.2. The number of nitrogens with zero attached hydrogens (tertiary/aromatic N) is 1. The molecule has 1 heterocycles. The van der Waals surface area contributed by atoms with Gasteiger partial charge >= 0.3 is 6.03 Å². The maximum Gasteiger partial charge on any atom is 0.328 e. The molecule has 0 aliphatic carbocycles. The van der Waals surface area contributed by atoms with Crippen LogP contribution in [0, 0.1) is 0 Å². The van der Waals surface area contributed by atoms with Crippen LogP contribution in [0.15, 0.2) is 21.9 Å². The quantitative estimate of drug-likeness (QED) is 0.687. The molecule has 0 aromatic heterocycles. The van der Waals surface area contributed by atoms with Crippen LogP contribution in [-0.2, 0) is 0 Å². The van der Waals surface area contributed by atoms with Gasteiger partial charge in [0.2, 0.25) is 0 Å². The second-order valence-electron chi connectivity index (χ2n) is 2.24. The Morgan fingerprint density at radius 2 is 2.15 bits per heavy atom. The van der Waals surface area contributed by atoms with Gasteiger partial charge in [0.1, 0.15) is 9.65 Å². The van der Waals surface area contributed by atoms with Crippen LogP contribution in [0.25, 0.3) is 0 Å². The largest absolute Gasteiger partial charge is 0.328 e. The fourth-order valence-electron chi connectivity index (χ4n) is 0.752. The minimum absolute atomic E-state index is 0.0658. The van der Waals surface area contributed by atoms with Gasteiger partial charge in [-0.1, -0.05) is 34.8 Å². The summed E-state index contributed by atoms with van der Waals surface area (Å²) in [5, 5.41) is 2.34. The van der Waals surface area contributed by atoms with E-state index in [2.05, 4.69) is 5.32 Å². The smallest absolute Gasteiger partial charge is 0.319 e. The van der Waals surface area contributed by atoms with Gasteiger partial charge in [0.15, 0.2) is 0 Å². The third kappa shape index (κ3) is 2.51. The molecule has 1 atom stereocenters. The van der Waals surface area contributed by atoms with Crippen molar-refractivity contribution in [1.82, 2.24) is 10.2 Å². The van der Waals surface area contributed by atoms with Crippen molar-refractivity contribution in [2.45, 2.75) is 6.17 Å². The molecule has 0 spiro atoms. The first-order valence-electron chi connectivity index (χ1n) is 3.27. The molecule has 1 unspecified atom stereocenters. The highest BCUT2D eigenvalue weighted by molar-refractivity contribution is 6.59. The minimum Gasteiger partial charge on any atom is -0.319 e. The molecule has 1 aliphatic heterocycles. The molecule has 1 rings (SSSR count). The number of urea groups is 1. The number of amides is 2. The molecule has 2 amide bonds. The Kier molecular flexibility index (Phi) is 3.44. The highest BCUT2D eigenvalue weighted by Crippen LogP contribution is 2.23. The first-order chi connectivity index (χ1) is 6.02. The van der Waals surface area contributed by atoms with Crippen molar-refractivity contribution >= 4 is 40.8 Å². The summed E-state index contributed by atoms with van der Waals surface area (Å²) in [5.41, 5.74) is 5.39. The van der Waals surface area contributed by atoms with Gasteiger partial charge in [-0.2, -0.15) is 0 Å². The van der Waals surface area contributed by atoms with E-state index in [0.717, 1.165) is 4.90 Å². The summed E-state index contributed by atoms with van der Waals surface area (Å²) in [6.07, 6.45) is 2.43. The predicted octanol–water partition coefficient (Wildman–Crippen LogP) is 1.65. The molecular weight excluding hydrogens is 236 g/mol. The third-order valence-corrected chi connectivity index (χ3v) is 2.24. The molecule has 0 fully saturated rings. The summed E-state index contributed by atoms with van der Waals surface area (Å²) < 4.78 is -0.183. The molecule has 0 radical (unpaired) electrons. The van der Waals surface area contributed by atoms with Gasteiger partial charge in [0.25, 0.3) is 0 Å². The first kappa shape index (κ1) is 10.7. The summed E-state index contributed by atoms with van der Waals surface area (Å²) in [6.45, 7) is 0. The lowest BCUT2D eigenvalue weighted by molar-refractivity contribution is 0.220. The number of rotatable bonds is 1. The van der Waals surface area contributed by atoms with E-state index in [1.165, 1.54) is 6.20 Å². The average molecular weight is 242 g/mol. The first-order valence-corrected chi connectivity index (χ1v) is 4.40. The lowest BCUT2D eigenvalue weighted by atomic mass is 10.4. The SMILES string of the molecule is NC1C=CN(C(Cl)=C(Cl)Cl)C(=O)N1. The Hall–Kier alpha value is -0.420. The van der Waals surface area contributed by atoms with Gasteiger partial charge in [-0.3, -0.25) is 4.90 Å². The summed E-state index contributed by atoms with van der Waals surface area (Å²) in [6, 6.07) is -0.473. The van der Waals surface area contributed by atoms with Crippen LogP contribution in [0.1, 0.15) is 0 Å². The fourth-order valence-corrected chi connectivity index (χ4v) is 1.07. The Bertz CT molecular complexity index is 285. The van der Waals surface area contributed by atoms with Crippen LogP contribution in [-0.4, -0.2) is 17.1 Å². The average Bonchev–Trinajstić information content (AvgIpc) is 2.03. The fraction of sp³-hybridized carbons (Fsp3) is 0.167. The Balaban J connectivity index is 2.89. The van der Waals surface area contributed by atoms with E-state index in [1.807, 2.05) is 0 Å². The van der Waals surface area contributed by atoms with Crippen LogP contribution in [0.5, 0.6) is 0 Å². The number of nitrogens with two attached hydrogens (primary N) is 1. The molecular formula is C6H6Cl3N3O. The lowest BCUT2D eigenvalue weighted by Gasteiger charge is -2.24. The molecule has 1 aliphatic rings. The predicted molar refractivity (Wildman–Crippen MR) is 52.1 cm³/mol. The van der Waals surface area contributed by atoms with E-state index >= 15 is 0 Å². The molecule has 3 N–H and O–H groups in total. The third-order valence-electron chi connectivity index (χ3n) is 1.32. The minimum atomic E-state index is -0.512. The van der Waals surface area contributed by atoms with Crippen molar-refractivity contribution in [1.29, 1.82) is 0 Å².